The molecule has 44 radical (unpaired) electrons. The van der Waals surface area contributed by atoms with E-state index in [1.165, 1.54) is 0 Å². The Hall–Kier alpha value is -2.99. The number of fused-ring (bicyclic) bond motifs is 4. The topological polar surface area (TPSA) is 0 Å². The van der Waals surface area contributed by atoms with Crippen LogP contribution in [-0.4, -0.2) is 173 Å². The summed E-state index contributed by atoms with van der Waals surface area (Å²) >= 11 is 0. The van der Waals surface area contributed by atoms with E-state index in [1.807, 2.05) is 0 Å². The second-order valence-corrected chi connectivity index (χ2v) is 13.6. The van der Waals surface area contributed by atoms with E-state index < -0.39 is 0 Å². The minimum Gasteiger partial charge on any atom is -0.110 e. The smallest absolute Gasteiger partial charge is 0.110 e. The summed E-state index contributed by atoms with van der Waals surface area (Å²) in [6.45, 7) is 0. The molecule has 0 saturated carbocycles. The summed E-state index contributed by atoms with van der Waals surface area (Å²) < 4.78 is 0. The highest BCUT2D eigenvalue weighted by Gasteiger charge is 2.29. The lowest BCUT2D eigenvalue weighted by Crippen LogP contribution is -2.53. The first-order valence-corrected chi connectivity index (χ1v) is 16.4. The predicted octanol–water partition coefficient (Wildman–Crippen LogP) is -16.9. The third-order valence-corrected chi connectivity index (χ3v) is 10.9. The summed E-state index contributed by atoms with van der Waals surface area (Å²) in [5.74, 6) is 0. The van der Waals surface area contributed by atoms with Gasteiger partial charge in [-0.25, -0.2) is 0 Å². The standard InChI is InChI=1S/C34B22/c35-13-7(19(41)21(43)11-9(13)23(45)31(53)33(55)25(11)47)1-3-5(17(39)29(51)27(49)15(3)37)2(6-4(1)16(38)28(50)30(52)18(6)40)8-14(36)10-12(22(44)20(8)42)26(48)34(56)32(54)24(10)46. The van der Waals surface area contributed by atoms with Crippen LogP contribution in [0, 0.1) is 0 Å². The van der Waals surface area contributed by atoms with Crippen molar-refractivity contribution in [1.82, 2.24) is 0 Å². The SMILES string of the molecule is [B]c1c([B])c([B])c2c([B])c(-c3c4c([B])c([B])c([B])c([B])c4c(-c4c([B])c([B])c5c([B])c([B])c([B])c([B])c5c4[B])c4c([B])c([B])c([B])c([B])c34)c([B])c([B])c2c1[B]. The van der Waals surface area contributed by atoms with Crippen LogP contribution in [0.4, 0.5) is 0 Å². The van der Waals surface area contributed by atoms with Crippen molar-refractivity contribution in [2.45, 2.75) is 0 Å². The van der Waals surface area contributed by atoms with Crippen molar-refractivity contribution in [3.05, 3.63) is 0 Å². The Kier molecular flexibility index (Phi) is 10.2. The first kappa shape index (κ1) is 41.2. The Morgan fingerprint density at radius 2 is 0.250 bits per heavy atom. The molecule has 0 heterocycles. The van der Waals surface area contributed by atoms with Gasteiger partial charge in [-0.2, -0.15) is 0 Å². The minimum absolute atomic E-state index is 0.0107. The van der Waals surface area contributed by atoms with Crippen LogP contribution in [0.2, 0.25) is 0 Å². The highest BCUT2D eigenvalue weighted by molar-refractivity contribution is 6.77. The molecule has 0 aliphatic carbocycles. The van der Waals surface area contributed by atoms with Crippen LogP contribution in [0.5, 0.6) is 0 Å². The molecule has 0 nitrogen and oxygen atoms in total. The van der Waals surface area contributed by atoms with Gasteiger partial charge >= 0.3 is 0 Å². The summed E-state index contributed by atoms with van der Waals surface area (Å²) in [5.41, 5.74) is -1.92. The molecule has 0 N–H and O–H groups in total. The first-order valence-electron chi connectivity index (χ1n) is 16.4. The summed E-state index contributed by atoms with van der Waals surface area (Å²) in [6, 6.07) is 0. The van der Waals surface area contributed by atoms with Gasteiger partial charge < -0.3 is 0 Å². The maximum Gasteiger partial charge on any atom is 0.115 e. The van der Waals surface area contributed by atoms with E-state index >= 15 is 0 Å². The Balaban J connectivity index is 1.92. The monoisotopic (exact) mass is 650 g/mol. The Morgan fingerprint density at radius 1 is 0.107 bits per heavy atom. The molecule has 56 heavy (non-hydrogen) atoms. The van der Waals surface area contributed by atoms with Gasteiger partial charge in [0.2, 0.25) is 0 Å². The van der Waals surface area contributed by atoms with Crippen molar-refractivity contribution in [1.29, 1.82) is 0 Å². The molecular weight excluding hydrogens is 646 g/mol. The second-order valence-electron chi connectivity index (χ2n) is 13.6. The molecule has 0 spiro atoms. The molecule has 0 aromatic heterocycles. The molecule has 0 aliphatic heterocycles. The molecular formula is C34B22. The van der Waals surface area contributed by atoms with Crippen LogP contribution in [0.25, 0.3) is 65.3 Å². The molecule has 22 heteroatoms. The van der Waals surface area contributed by atoms with Gasteiger partial charge in [-0.15, -0.1) is 43.7 Å². The third kappa shape index (κ3) is 5.17. The van der Waals surface area contributed by atoms with Crippen LogP contribution in [0.15, 0.2) is 0 Å². The van der Waals surface area contributed by atoms with Gasteiger partial charge in [0.1, 0.15) is 173 Å². The molecule has 0 unspecified atom stereocenters. The Labute approximate surface area is 356 Å². The summed E-state index contributed by atoms with van der Waals surface area (Å²) in [5, 5.41) is 0.700. The second kappa shape index (κ2) is 13.8. The van der Waals surface area contributed by atoms with E-state index in [9.17, 15) is 0 Å². The van der Waals surface area contributed by atoms with Crippen LogP contribution in [0.1, 0.15) is 0 Å². The van der Waals surface area contributed by atoms with Crippen molar-refractivity contribution >= 4 is 336 Å². The normalized spacial score (nSPS) is 11.7. The van der Waals surface area contributed by atoms with E-state index in [2.05, 4.69) is 0 Å². The van der Waals surface area contributed by atoms with E-state index in [0.717, 1.165) is 0 Å². The van der Waals surface area contributed by atoms with Crippen LogP contribution in [-0.2, 0) is 0 Å². The predicted molar refractivity (Wildman–Crippen MR) is 266 cm³/mol. The van der Waals surface area contributed by atoms with Crippen molar-refractivity contribution < 1.29 is 0 Å². The van der Waals surface area contributed by atoms with Gasteiger partial charge in [0.15, 0.2) is 0 Å². The van der Waals surface area contributed by atoms with Crippen molar-refractivity contribution in [3.63, 3.8) is 0 Å². The summed E-state index contributed by atoms with van der Waals surface area (Å²) in [6.07, 6.45) is 0. The first-order chi connectivity index (χ1) is 26.0. The zero-order chi connectivity index (χ0) is 41.6. The number of rotatable bonds is 2. The lowest BCUT2D eigenvalue weighted by molar-refractivity contribution is 1.86. The van der Waals surface area contributed by atoms with E-state index in [4.69, 9.17) is 173 Å². The van der Waals surface area contributed by atoms with Crippen LogP contribution < -0.4 is 120 Å². The van der Waals surface area contributed by atoms with Gasteiger partial charge in [-0.3, -0.25) is 0 Å². The maximum absolute atomic E-state index is 7.01. The van der Waals surface area contributed by atoms with Gasteiger partial charge in [0, 0.05) is 0 Å². The lowest BCUT2D eigenvalue weighted by atomic mass is 9.55. The molecule has 0 amide bonds. The zero-order valence-corrected chi connectivity index (χ0v) is 29.7. The molecule has 0 atom stereocenters. The molecule has 202 valence electrons. The largest absolute Gasteiger partial charge is 0.115 e. The minimum atomic E-state index is -0.137. The van der Waals surface area contributed by atoms with Gasteiger partial charge in [-0.1, -0.05) is 76.5 Å². The van der Waals surface area contributed by atoms with Crippen LogP contribution in [0.3, 0.4) is 0 Å². The fourth-order valence-corrected chi connectivity index (χ4v) is 7.84. The van der Waals surface area contributed by atoms with E-state index in [0.29, 0.717) is 0 Å². The lowest BCUT2D eigenvalue weighted by Gasteiger charge is -2.33. The van der Waals surface area contributed by atoms with Crippen LogP contribution >= 0.6 is 0 Å². The average molecular weight is 646 g/mol. The number of hydrogen-bond acceptors (Lipinski definition) is 0. The molecule has 7 aromatic rings. The highest BCUT2D eigenvalue weighted by Crippen LogP contribution is 2.39. The summed E-state index contributed by atoms with van der Waals surface area (Å²) in [7, 11) is 146. The van der Waals surface area contributed by atoms with Crippen molar-refractivity contribution in [2.24, 2.45) is 0 Å². The van der Waals surface area contributed by atoms with Crippen molar-refractivity contribution in [3.8, 4) is 22.3 Å². The fourth-order valence-electron chi connectivity index (χ4n) is 7.84. The quantitative estimate of drug-likeness (QED) is 0.130. The molecule has 0 fully saturated rings. The van der Waals surface area contributed by atoms with Gasteiger partial charge in [-0.05, 0) is 65.3 Å². The number of hydrogen-bond donors (Lipinski definition) is 0. The average Bonchev–Trinajstić information content (AvgIpc) is 3.16. The van der Waals surface area contributed by atoms with Gasteiger partial charge in [0.05, 0.1) is 0 Å². The van der Waals surface area contributed by atoms with Gasteiger partial charge in [0.25, 0.3) is 0 Å². The molecule has 0 saturated heterocycles. The van der Waals surface area contributed by atoms with Crippen molar-refractivity contribution in [2.75, 3.05) is 0 Å². The Morgan fingerprint density at radius 3 is 0.446 bits per heavy atom. The van der Waals surface area contributed by atoms with E-state index in [1.54, 1.807) is 0 Å². The zero-order valence-electron chi connectivity index (χ0n) is 29.7. The molecule has 7 rings (SSSR count). The highest BCUT2D eigenvalue weighted by atomic mass is 14.3. The molecule has 0 bridgehead atoms. The fraction of sp³-hybridized carbons (Fsp3) is 0. The molecule has 0 aliphatic rings. The summed E-state index contributed by atoms with van der Waals surface area (Å²) in [4.78, 5) is 0. The third-order valence-electron chi connectivity index (χ3n) is 10.9. The maximum atomic E-state index is 7.01. The molecule has 7 aromatic carbocycles. The van der Waals surface area contributed by atoms with E-state index in [-0.39, 0.29) is 186 Å². The number of benzene rings is 7. The Bertz CT molecular complexity index is 2760.